The molecule has 1 aliphatic heterocycles. The van der Waals surface area contributed by atoms with E-state index in [1.54, 1.807) is 17.4 Å². The highest BCUT2D eigenvalue weighted by Crippen LogP contribution is 2.27. The fourth-order valence-electron chi connectivity index (χ4n) is 3.01. The monoisotopic (exact) mass is 326 g/mol. The van der Waals surface area contributed by atoms with Gasteiger partial charge >= 0.3 is 0 Å². The van der Waals surface area contributed by atoms with Gasteiger partial charge < -0.3 is 14.8 Å². The largest absolute Gasteiger partial charge is 0.354 e. The number of rotatable bonds is 7. The van der Waals surface area contributed by atoms with E-state index in [0.717, 1.165) is 18.5 Å². The minimum Gasteiger partial charge on any atom is -0.354 e. The number of carbonyl (C=O) groups excluding carboxylic acids is 2. The van der Waals surface area contributed by atoms with Crippen molar-refractivity contribution < 1.29 is 9.59 Å². The molecular formula is C18H22N4O2. The average molecular weight is 326 g/mol. The van der Waals surface area contributed by atoms with E-state index < -0.39 is 0 Å². The minimum absolute atomic E-state index is 0.0532. The van der Waals surface area contributed by atoms with Crippen molar-refractivity contribution in [3.05, 3.63) is 54.6 Å². The van der Waals surface area contributed by atoms with Gasteiger partial charge in [-0.1, -0.05) is 30.3 Å². The first-order valence-electron chi connectivity index (χ1n) is 8.27. The van der Waals surface area contributed by atoms with Crippen molar-refractivity contribution in [1.29, 1.82) is 0 Å². The topological polar surface area (TPSA) is 67.2 Å². The van der Waals surface area contributed by atoms with Crippen molar-refractivity contribution in [2.45, 2.75) is 25.3 Å². The van der Waals surface area contributed by atoms with Crippen LogP contribution in [-0.4, -0.2) is 45.9 Å². The maximum Gasteiger partial charge on any atom is 0.239 e. The molecule has 2 heterocycles. The first-order chi connectivity index (χ1) is 11.7. The van der Waals surface area contributed by atoms with Gasteiger partial charge in [-0.15, -0.1) is 0 Å². The molecule has 1 aromatic heterocycles. The van der Waals surface area contributed by atoms with Crippen LogP contribution < -0.4 is 5.32 Å². The number of carbonyl (C=O) groups is 2. The van der Waals surface area contributed by atoms with Gasteiger partial charge in [0, 0.05) is 44.4 Å². The SMILES string of the molecule is O=C(CN1CC(c2ccccc2)CC1=O)NCCCn1ccnc1. The Morgan fingerprint density at radius 1 is 1.29 bits per heavy atom. The van der Waals surface area contributed by atoms with E-state index in [1.165, 1.54) is 0 Å². The minimum atomic E-state index is -0.0947. The van der Waals surface area contributed by atoms with Crippen LogP contribution in [0.2, 0.25) is 0 Å². The number of hydrogen-bond donors (Lipinski definition) is 1. The predicted octanol–water partition coefficient (Wildman–Crippen LogP) is 1.41. The Balaban J connectivity index is 1.40. The molecule has 1 aliphatic rings. The van der Waals surface area contributed by atoms with Crippen LogP contribution in [0.5, 0.6) is 0 Å². The lowest BCUT2D eigenvalue weighted by Gasteiger charge is -2.16. The second-order valence-electron chi connectivity index (χ2n) is 6.09. The molecule has 1 N–H and O–H groups in total. The van der Waals surface area contributed by atoms with Crippen LogP contribution in [0.1, 0.15) is 24.3 Å². The van der Waals surface area contributed by atoms with Crippen molar-refractivity contribution in [1.82, 2.24) is 19.8 Å². The number of benzene rings is 1. The second-order valence-corrected chi connectivity index (χ2v) is 6.09. The zero-order chi connectivity index (χ0) is 16.8. The highest BCUT2D eigenvalue weighted by atomic mass is 16.2. The summed E-state index contributed by atoms with van der Waals surface area (Å²) in [6.45, 7) is 2.18. The van der Waals surface area contributed by atoms with Gasteiger partial charge in [-0.3, -0.25) is 9.59 Å². The zero-order valence-corrected chi connectivity index (χ0v) is 13.6. The lowest BCUT2D eigenvalue weighted by Crippen LogP contribution is -2.38. The number of nitrogens with one attached hydrogen (secondary N) is 1. The quantitative estimate of drug-likeness (QED) is 0.782. The van der Waals surface area contributed by atoms with Gasteiger partial charge in [0.05, 0.1) is 12.9 Å². The van der Waals surface area contributed by atoms with Gasteiger partial charge in [0.1, 0.15) is 0 Å². The maximum absolute atomic E-state index is 12.1. The van der Waals surface area contributed by atoms with Crippen molar-refractivity contribution in [3.8, 4) is 0 Å². The smallest absolute Gasteiger partial charge is 0.239 e. The molecule has 0 aliphatic carbocycles. The first kappa shape index (κ1) is 16.2. The standard InChI is InChI=1S/C18H22N4O2/c23-17(20-7-4-9-21-10-8-19-14-21)13-22-12-16(11-18(22)24)15-5-2-1-3-6-15/h1-3,5-6,8,10,14,16H,4,7,9,11-13H2,(H,20,23). The molecule has 1 saturated heterocycles. The van der Waals surface area contributed by atoms with Crippen LogP contribution in [0.4, 0.5) is 0 Å². The van der Waals surface area contributed by atoms with Gasteiger partial charge in [-0.25, -0.2) is 4.98 Å². The highest BCUT2D eigenvalue weighted by Gasteiger charge is 2.31. The van der Waals surface area contributed by atoms with Crippen molar-refractivity contribution in [2.75, 3.05) is 19.6 Å². The number of nitrogens with zero attached hydrogens (tertiary/aromatic N) is 3. The summed E-state index contributed by atoms with van der Waals surface area (Å²) in [6.07, 6.45) is 6.71. The summed E-state index contributed by atoms with van der Waals surface area (Å²) in [4.78, 5) is 29.8. The van der Waals surface area contributed by atoms with E-state index in [9.17, 15) is 9.59 Å². The van der Waals surface area contributed by atoms with Crippen molar-refractivity contribution in [2.24, 2.45) is 0 Å². The van der Waals surface area contributed by atoms with Crippen LogP contribution in [0, 0.1) is 0 Å². The molecular weight excluding hydrogens is 304 g/mol. The fourth-order valence-corrected chi connectivity index (χ4v) is 3.01. The molecule has 1 unspecified atom stereocenters. The lowest BCUT2D eigenvalue weighted by molar-refractivity contribution is -0.133. The number of hydrogen-bond acceptors (Lipinski definition) is 3. The molecule has 0 spiro atoms. The number of likely N-dealkylation sites (tertiary alicyclic amines) is 1. The summed E-state index contributed by atoms with van der Waals surface area (Å²) in [5, 5.41) is 2.88. The molecule has 2 aromatic rings. The molecule has 0 bridgehead atoms. The third-order valence-corrected chi connectivity index (χ3v) is 4.29. The van der Waals surface area contributed by atoms with E-state index in [1.807, 2.05) is 41.1 Å². The fraction of sp³-hybridized carbons (Fsp3) is 0.389. The Morgan fingerprint density at radius 2 is 2.12 bits per heavy atom. The van der Waals surface area contributed by atoms with Gasteiger partial charge in [-0.2, -0.15) is 0 Å². The lowest BCUT2D eigenvalue weighted by atomic mass is 9.99. The molecule has 1 fully saturated rings. The maximum atomic E-state index is 12.1. The Kier molecular flexibility index (Phi) is 5.25. The van der Waals surface area contributed by atoms with Crippen LogP contribution >= 0.6 is 0 Å². The van der Waals surface area contributed by atoms with Crippen LogP contribution in [-0.2, 0) is 16.1 Å². The Hall–Kier alpha value is -2.63. The summed E-state index contributed by atoms with van der Waals surface area (Å²) in [6, 6.07) is 10.0. The molecule has 1 aromatic carbocycles. The van der Waals surface area contributed by atoms with Crippen LogP contribution in [0.3, 0.4) is 0 Å². The summed E-state index contributed by atoms with van der Waals surface area (Å²) >= 11 is 0. The molecule has 3 rings (SSSR count). The average Bonchev–Trinajstić information content (AvgIpc) is 3.23. The van der Waals surface area contributed by atoms with Crippen LogP contribution in [0.25, 0.3) is 0 Å². The summed E-state index contributed by atoms with van der Waals surface area (Å²) in [7, 11) is 0. The number of imidazole rings is 1. The molecule has 0 saturated carbocycles. The third kappa shape index (κ3) is 4.22. The van der Waals surface area contributed by atoms with Gasteiger partial charge in [-0.05, 0) is 12.0 Å². The summed E-state index contributed by atoms with van der Waals surface area (Å²) in [5.74, 6) is 0.146. The van der Waals surface area contributed by atoms with E-state index in [4.69, 9.17) is 0 Å². The molecule has 0 radical (unpaired) electrons. The van der Waals surface area contributed by atoms with Crippen molar-refractivity contribution in [3.63, 3.8) is 0 Å². The van der Waals surface area contributed by atoms with E-state index in [2.05, 4.69) is 10.3 Å². The first-order valence-corrected chi connectivity index (χ1v) is 8.27. The predicted molar refractivity (Wildman–Crippen MR) is 90.2 cm³/mol. The molecule has 24 heavy (non-hydrogen) atoms. The Labute approximate surface area is 141 Å². The second kappa shape index (κ2) is 7.77. The summed E-state index contributed by atoms with van der Waals surface area (Å²) < 4.78 is 1.97. The molecule has 6 heteroatoms. The van der Waals surface area contributed by atoms with E-state index in [0.29, 0.717) is 19.5 Å². The Morgan fingerprint density at radius 3 is 2.88 bits per heavy atom. The highest BCUT2D eigenvalue weighted by molar-refractivity contribution is 5.86. The van der Waals surface area contributed by atoms with Gasteiger partial charge in [0.15, 0.2) is 0 Å². The third-order valence-electron chi connectivity index (χ3n) is 4.29. The summed E-state index contributed by atoms with van der Waals surface area (Å²) in [5.41, 5.74) is 1.16. The Bertz CT molecular complexity index is 670. The van der Waals surface area contributed by atoms with Crippen LogP contribution in [0.15, 0.2) is 49.1 Å². The number of amides is 2. The number of aromatic nitrogens is 2. The van der Waals surface area contributed by atoms with E-state index >= 15 is 0 Å². The molecule has 2 amide bonds. The van der Waals surface area contributed by atoms with E-state index in [-0.39, 0.29) is 24.3 Å². The van der Waals surface area contributed by atoms with Gasteiger partial charge in [0.25, 0.3) is 0 Å². The zero-order valence-electron chi connectivity index (χ0n) is 13.6. The molecule has 1 atom stereocenters. The normalized spacial score (nSPS) is 17.2. The van der Waals surface area contributed by atoms with Gasteiger partial charge in [0.2, 0.25) is 11.8 Å². The molecule has 126 valence electrons. The molecule has 6 nitrogen and oxygen atoms in total. The van der Waals surface area contributed by atoms with Crippen molar-refractivity contribution >= 4 is 11.8 Å². The number of aryl methyl sites for hydroxylation is 1.